The fraction of sp³-hybridized carbons (Fsp3) is 0.182. The highest BCUT2D eigenvalue weighted by molar-refractivity contribution is 8.18. The van der Waals surface area contributed by atoms with Crippen molar-refractivity contribution in [2.75, 3.05) is 20.8 Å². The highest BCUT2D eigenvalue weighted by Crippen LogP contribution is 2.34. The molecule has 1 aliphatic heterocycles. The molecular formula is C22H21N3O2S. The van der Waals surface area contributed by atoms with Gasteiger partial charge in [-0.05, 0) is 43.6 Å². The summed E-state index contributed by atoms with van der Waals surface area (Å²) in [5.74, 6) is -0.233. The lowest BCUT2D eigenvalue weighted by atomic mass is 10.1. The number of hydrogen-bond acceptors (Lipinski definition) is 4. The molecule has 1 fully saturated rings. The molecule has 4 rings (SSSR count). The van der Waals surface area contributed by atoms with Crippen LogP contribution in [0.5, 0.6) is 0 Å². The molecular weight excluding hydrogens is 370 g/mol. The summed E-state index contributed by atoms with van der Waals surface area (Å²) in [6, 6.07) is 18.4. The summed E-state index contributed by atoms with van der Waals surface area (Å²) in [5.41, 5.74) is 3.26. The molecule has 1 aliphatic rings. The molecule has 142 valence electrons. The van der Waals surface area contributed by atoms with Crippen molar-refractivity contribution in [2.24, 2.45) is 0 Å². The predicted octanol–water partition coefficient (Wildman–Crippen LogP) is 4.25. The van der Waals surface area contributed by atoms with Crippen LogP contribution in [0.2, 0.25) is 0 Å². The second kappa shape index (κ2) is 7.66. The second-order valence-electron chi connectivity index (χ2n) is 7.05. The fourth-order valence-corrected chi connectivity index (χ4v) is 4.17. The maximum Gasteiger partial charge on any atom is 0.294 e. The molecule has 5 nitrogen and oxygen atoms in total. The Labute approximate surface area is 168 Å². The van der Waals surface area contributed by atoms with Crippen molar-refractivity contribution in [1.29, 1.82) is 0 Å². The zero-order valence-corrected chi connectivity index (χ0v) is 16.6. The number of thioether (sulfide) groups is 1. The molecule has 2 aromatic carbocycles. The van der Waals surface area contributed by atoms with E-state index in [2.05, 4.69) is 29.0 Å². The molecule has 0 unspecified atom stereocenters. The Kier molecular flexibility index (Phi) is 5.07. The highest BCUT2D eigenvalue weighted by atomic mass is 32.2. The van der Waals surface area contributed by atoms with Gasteiger partial charge >= 0.3 is 0 Å². The quantitative estimate of drug-likeness (QED) is 0.610. The number of carbonyl (C=O) groups excluding carboxylic acids is 2. The third kappa shape index (κ3) is 3.61. The number of amides is 2. The van der Waals surface area contributed by atoms with E-state index >= 15 is 0 Å². The molecule has 2 amide bonds. The van der Waals surface area contributed by atoms with E-state index in [9.17, 15) is 9.59 Å². The number of rotatable bonds is 5. The van der Waals surface area contributed by atoms with Crippen molar-refractivity contribution in [3.8, 4) is 0 Å². The first kappa shape index (κ1) is 18.5. The van der Waals surface area contributed by atoms with E-state index in [1.807, 2.05) is 61.5 Å². The first-order valence-electron chi connectivity index (χ1n) is 9.05. The minimum Gasteiger partial charge on any atom is -0.342 e. The molecule has 0 N–H and O–H groups in total. The molecule has 0 atom stereocenters. The Bertz CT molecular complexity index is 1070. The van der Waals surface area contributed by atoms with Gasteiger partial charge in [-0.15, -0.1) is 0 Å². The topological polar surface area (TPSA) is 45.5 Å². The monoisotopic (exact) mass is 391 g/mol. The van der Waals surface area contributed by atoms with E-state index in [1.54, 1.807) is 0 Å². The van der Waals surface area contributed by atoms with E-state index in [1.165, 1.54) is 10.5 Å². The van der Waals surface area contributed by atoms with Crippen LogP contribution in [0.3, 0.4) is 0 Å². The van der Waals surface area contributed by atoms with Crippen LogP contribution < -0.4 is 0 Å². The van der Waals surface area contributed by atoms with Crippen LogP contribution in [0, 0.1) is 0 Å². The van der Waals surface area contributed by atoms with Crippen LogP contribution in [-0.2, 0) is 11.3 Å². The number of para-hydroxylation sites is 1. The molecule has 0 bridgehead atoms. The lowest BCUT2D eigenvalue weighted by Crippen LogP contribution is -2.36. The van der Waals surface area contributed by atoms with Crippen LogP contribution in [0.15, 0.2) is 65.7 Å². The molecule has 2 heterocycles. The van der Waals surface area contributed by atoms with Gasteiger partial charge in [0, 0.05) is 29.2 Å². The molecule has 0 aliphatic carbocycles. The Morgan fingerprint density at radius 2 is 1.71 bits per heavy atom. The van der Waals surface area contributed by atoms with Crippen LogP contribution in [0.1, 0.15) is 11.1 Å². The summed E-state index contributed by atoms with van der Waals surface area (Å²) < 4.78 is 2.18. The van der Waals surface area contributed by atoms with Crippen molar-refractivity contribution in [2.45, 2.75) is 6.54 Å². The van der Waals surface area contributed by atoms with Crippen molar-refractivity contribution in [3.63, 3.8) is 0 Å². The third-order valence-electron chi connectivity index (χ3n) is 4.60. The zero-order valence-electron chi connectivity index (χ0n) is 15.8. The summed E-state index contributed by atoms with van der Waals surface area (Å²) >= 11 is 1.00. The van der Waals surface area contributed by atoms with Gasteiger partial charge in [-0.3, -0.25) is 19.4 Å². The summed E-state index contributed by atoms with van der Waals surface area (Å²) in [4.78, 5) is 28.5. The van der Waals surface area contributed by atoms with E-state index in [-0.39, 0.29) is 17.8 Å². The first-order chi connectivity index (χ1) is 13.5. The van der Waals surface area contributed by atoms with E-state index in [0.717, 1.165) is 34.8 Å². The summed E-state index contributed by atoms with van der Waals surface area (Å²) in [6.45, 7) is 1.04. The standard InChI is InChI=1S/C22H21N3O2S/c1-23(2)15-25-21(26)20(28-22(25)27)12-17-14-24(13-16-8-4-3-5-9-16)19-11-7-6-10-18(17)19/h3-12,14H,13,15H2,1-2H3/b20-12+. The Hall–Kier alpha value is -2.83. The fourth-order valence-electron chi connectivity index (χ4n) is 3.35. The van der Waals surface area contributed by atoms with Gasteiger partial charge in [0.1, 0.15) is 0 Å². The lowest BCUT2D eigenvalue weighted by molar-refractivity contribution is -0.123. The minimum atomic E-state index is -0.233. The third-order valence-corrected chi connectivity index (χ3v) is 5.51. The number of benzene rings is 2. The number of aromatic nitrogens is 1. The smallest absolute Gasteiger partial charge is 0.294 e. The summed E-state index contributed by atoms with van der Waals surface area (Å²) in [5, 5.41) is 0.843. The molecule has 1 aromatic heterocycles. The van der Waals surface area contributed by atoms with Crippen molar-refractivity contribution in [1.82, 2.24) is 14.4 Å². The maximum absolute atomic E-state index is 12.7. The predicted molar refractivity (Wildman–Crippen MR) is 114 cm³/mol. The number of hydrogen-bond donors (Lipinski definition) is 0. The largest absolute Gasteiger partial charge is 0.342 e. The normalized spacial score (nSPS) is 16.1. The van der Waals surface area contributed by atoms with Gasteiger partial charge in [0.2, 0.25) is 0 Å². The maximum atomic E-state index is 12.7. The Morgan fingerprint density at radius 1 is 1.00 bits per heavy atom. The average molecular weight is 391 g/mol. The van der Waals surface area contributed by atoms with E-state index in [4.69, 9.17) is 0 Å². The summed E-state index contributed by atoms with van der Waals surface area (Å²) in [6.07, 6.45) is 3.89. The molecule has 6 heteroatoms. The van der Waals surface area contributed by atoms with Crippen molar-refractivity contribution >= 4 is 39.9 Å². The highest BCUT2D eigenvalue weighted by Gasteiger charge is 2.35. The van der Waals surface area contributed by atoms with Gasteiger partial charge in [0.15, 0.2) is 0 Å². The van der Waals surface area contributed by atoms with Gasteiger partial charge in [0.25, 0.3) is 11.1 Å². The molecule has 28 heavy (non-hydrogen) atoms. The zero-order chi connectivity index (χ0) is 19.7. The van der Waals surface area contributed by atoms with E-state index < -0.39 is 0 Å². The van der Waals surface area contributed by atoms with Gasteiger partial charge in [-0.25, -0.2) is 0 Å². The number of fused-ring (bicyclic) bond motifs is 1. The van der Waals surface area contributed by atoms with Crippen LogP contribution in [0.25, 0.3) is 17.0 Å². The average Bonchev–Trinajstić information content (AvgIpc) is 3.15. The molecule has 0 saturated carbocycles. The van der Waals surface area contributed by atoms with Gasteiger partial charge < -0.3 is 4.57 Å². The molecule has 0 spiro atoms. The van der Waals surface area contributed by atoms with Gasteiger partial charge in [-0.1, -0.05) is 48.5 Å². The molecule has 0 radical (unpaired) electrons. The van der Waals surface area contributed by atoms with Crippen LogP contribution in [-0.4, -0.2) is 46.3 Å². The van der Waals surface area contributed by atoms with Crippen molar-refractivity contribution < 1.29 is 9.59 Å². The summed E-state index contributed by atoms with van der Waals surface area (Å²) in [7, 11) is 3.67. The van der Waals surface area contributed by atoms with Crippen LogP contribution >= 0.6 is 11.8 Å². The number of carbonyl (C=O) groups is 2. The van der Waals surface area contributed by atoms with E-state index in [0.29, 0.717) is 4.91 Å². The lowest BCUT2D eigenvalue weighted by Gasteiger charge is -2.17. The number of nitrogens with zero attached hydrogens (tertiary/aromatic N) is 3. The number of imide groups is 1. The molecule has 3 aromatic rings. The second-order valence-corrected chi connectivity index (χ2v) is 8.04. The van der Waals surface area contributed by atoms with Gasteiger partial charge in [0.05, 0.1) is 11.6 Å². The SMILES string of the molecule is CN(C)CN1C(=O)S/C(=C/c2cn(Cc3ccccc3)c3ccccc23)C1=O. The first-order valence-corrected chi connectivity index (χ1v) is 9.86. The molecule has 1 saturated heterocycles. The van der Waals surface area contributed by atoms with Crippen molar-refractivity contribution in [3.05, 3.63) is 76.8 Å². The minimum absolute atomic E-state index is 0.224. The Balaban J connectivity index is 1.71. The van der Waals surface area contributed by atoms with Crippen LogP contribution in [0.4, 0.5) is 4.79 Å². The Morgan fingerprint density at radius 3 is 2.46 bits per heavy atom. The van der Waals surface area contributed by atoms with Gasteiger partial charge in [-0.2, -0.15) is 0 Å².